The van der Waals surface area contributed by atoms with Crippen molar-refractivity contribution in [2.75, 3.05) is 33.3 Å². The van der Waals surface area contributed by atoms with E-state index in [0.717, 1.165) is 13.1 Å². The lowest BCUT2D eigenvalue weighted by molar-refractivity contribution is -0.142. The van der Waals surface area contributed by atoms with Crippen molar-refractivity contribution in [3.8, 4) is 0 Å². The zero-order valence-corrected chi connectivity index (χ0v) is 10.7. The van der Waals surface area contributed by atoms with E-state index in [2.05, 4.69) is 28.8 Å². The summed E-state index contributed by atoms with van der Waals surface area (Å²) in [6.45, 7) is 8.68. The molecule has 0 aromatic rings. The van der Waals surface area contributed by atoms with Gasteiger partial charge in [-0.2, -0.15) is 0 Å². The van der Waals surface area contributed by atoms with E-state index in [1.165, 1.54) is 7.11 Å². The van der Waals surface area contributed by atoms with Gasteiger partial charge in [0.15, 0.2) is 0 Å². The van der Waals surface area contributed by atoms with E-state index < -0.39 is 6.10 Å². The Morgan fingerprint density at radius 1 is 1.44 bits per heavy atom. The van der Waals surface area contributed by atoms with Crippen LogP contribution in [-0.4, -0.2) is 61.4 Å². The molecule has 0 radical (unpaired) electrons. The smallest absolute Gasteiger partial charge is 0.322 e. The van der Waals surface area contributed by atoms with Gasteiger partial charge >= 0.3 is 5.97 Å². The quantitative estimate of drug-likeness (QED) is 0.569. The predicted octanol–water partition coefficient (Wildman–Crippen LogP) is -0.160. The van der Waals surface area contributed by atoms with Gasteiger partial charge in [0.05, 0.1) is 13.2 Å². The Bertz CT molecular complexity index is 196. The Hall–Kier alpha value is -0.650. The zero-order valence-electron chi connectivity index (χ0n) is 10.7. The molecule has 0 heterocycles. The van der Waals surface area contributed by atoms with Gasteiger partial charge in [0, 0.05) is 13.1 Å². The highest BCUT2D eigenvalue weighted by atomic mass is 16.5. The van der Waals surface area contributed by atoms with E-state index >= 15 is 0 Å². The number of aliphatic hydroxyl groups is 1. The molecule has 0 spiro atoms. The van der Waals surface area contributed by atoms with Gasteiger partial charge in [0.25, 0.3) is 0 Å². The number of hydrogen-bond donors (Lipinski definition) is 2. The summed E-state index contributed by atoms with van der Waals surface area (Å²) in [4.78, 5) is 13.2. The van der Waals surface area contributed by atoms with Crippen molar-refractivity contribution in [1.82, 2.24) is 10.2 Å². The van der Waals surface area contributed by atoms with Crippen molar-refractivity contribution in [3.63, 3.8) is 0 Å². The molecule has 2 unspecified atom stereocenters. The molecule has 0 fully saturated rings. The fourth-order valence-electron chi connectivity index (χ4n) is 1.42. The molecule has 0 saturated heterocycles. The number of rotatable bonds is 8. The minimum Gasteiger partial charge on any atom is -0.468 e. The minimum absolute atomic E-state index is 0.310. The minimum atomic E-state index is -0.466. The van der Waals surface area contributed by atoms with Crippen LogP contribution in [0.2, 0.25) is 0 Å². The molecule has 0 saturated carbocycles. The maximum Gasteiger partial charge on any atom is 0.322 e. The van der Waals surface area contributed by atoms with Crippen molar-refractivity contribution in [2.24, 2.45) is 0 Å². The number of ether oxygens (including phenoxy) is 1. The summed E-state index contributed by atoms with van der Waals surface area (Å²) in [5, 5.41) is 12.7. The van der Waals surface area contributed by atoms with E-state index in [0.29, 0.717) is 13.1 Å². The van der Waals surface area contributed by atoms with E-state index in [1.807, 2.05) is 0 Å². The first kappa shape index (κ1) is 15.3. The number of likely N-dealkylation sites (N-methyl/N-ethyl adjacent to an activating group) is 1. The van der Waals surface area contributed by atoms with Gasteiger partial charge in [0.1, 0.15) is 6.04 Å². The summed E-state index contributed by atoms with van der Waals surface area (Å²) >= 11 is 0. The molecule has 0 aromatic heterocycles. The van der Waals surface area contributed by atoms with Gasteiger partial charge in [-0.15, -0.1) is 0 Å². The van der Waals surface area contributed by atoms with Crippen LogP contribution in [0.1, 0.15) is 20.8 Å². The average molecular weight is 232 g/mol. The molecule has 16 heavy (non-hydrogen) atoms. The number of aliphatic hydroxyl groups excluding tert-OH is 1. The largest absolute Gasteiger partial charge is 0.468 e. The molecule has 0 aliphatic rings. The fraction of sp³-hybridized carbons (Fsp3) is 0.909. The van der Waals surface area contributed by atoms with Gasteiger partial charge in [0.2, 0.25) is 0 Å². The lowest BCUT2D eigenvalue weighted by Gasteiger charge is -2.22. The average Bonchev–Trinajstić information content (AvgIpc) is 2.31. The second-order valence-corrected chi connectivity index (χ2v) is 3.79. The van der Waals surface area contributed by atoms with Crippen LogP contribution in [0.25, 0.3) is 0 Å². The third-order valence-corrected chi connectivity index (χ3v) is 2.58. The highest BCUT2D eigenvalue weighted by Gasteiger charge is 2.15. The number of esters is 1. The van der Waals surface area contributed by atoms with Gasteiger partial charge in [-0.3, -0.25) is 4.79 Å². The van der Waals surface area contributed by atoms with Crippen LogP contribution in [0.5, 0.6) is 0 Å². The number of carbonyl (C=O) groups excluding carboxylic acids is 1. The first-order valence-corrected chi connectivity index (χ1v) is 5.76. The summed E-state index contributed by atoms with van der Waals surface area (Å²) in [5.41, 5.74) is 0. The van der Waals surface area contributed by atoms with E-state index in [1.54, 1.807) is 6.92 Å². The lowest BCUT2D eigenvalue weighted by atomic mass is 10.2. The Labute approximate surface area is 97.8 Å². The van der Waals surface area contributed by atoms with Crippen LogP contribution in [0.15, 0.2) is 0 Å². The van der Waals surface area contributed by atoms with Gasteiger partial charge in [-0.05, 0) is 20.0 Å². The third-order valence-electron chi connectivity index (χ3n) is 2.58. The van der Waals surface area contributed by atoms with Crippen LogP contribution in [0.4, 0.5) is 0 Å². The van der Waals surface area contributed by atoms with E-state index in [-0.39, 0.29) is 12.0 Å². The number of nitrogens with zero attached hydrogens (tertiary/aromatic N) is 1. The normalized spacial score (nSPS) is 14.9. The number of nitrogens with one attached hydrogen (secondary N) is 1. The molecule has 0 bridgehead atoms. The number of carbonyl (C=O) groups is 1. The molecule has 0 amide bonds. The molecule has 2 atom stereocenters. The molecule has 2 N–H and O–H groups in total. The predicted molar refractivity (Wildman–Crippen MR) is 63.3 cm³/mol. The van der Waals surface area contributed by atoms with E-state index in [4.69, 9.17) is 0 Å². The monoisotopic (exact) mass is 232 g/mol. The van der Waals surface area contributed by atoms with Crippen molar-refractivity contribution < 1.29 is 14.6 Å². The zero-order chi connectivity index (χ0) is 12.6. The number of hydrogen-bond acceptors (Lipinski definition) is 5. The molecule has 96 valence electrons. The maximum atomic E-state index is 11.1. The summed E-state index contributed by atoms with van der Waals surface area (Å²) in [6.07, 6.45) is -0.466. The van der Waals surface area contributed by atoms with Crippen LogP contribution in [0, 0.1) is 0 Å². The Morgan fingerprint density at radius 2 is 2.00 bits per heavy atom. The second-order valence-electron chi connectivity index (χ2n) is 3.79. The Balaban J connectivity index is 3.79. The molecule has 0 aliphatic carbocycles. The summed E-state index contributed by atoms with van der Waals surface area (Å²) in [5.74, 6) is -0.310. The van der Waals surface area contributed by atoms with Crippen LogP contribution in [-0.2, 0) is 9.53 Å². The topological polar surface area (TPSA) is 61.8 Å². The first-order valence-electron chi connectivity index (χ1n) is 5.76. The summed E-state index contributed by atoms with van der Waals surface area (Å²) < 4.78 is 4.57. The molecule has 0 rings (SSSR count). The summed E-state index contributed by atoms with van der Waals surface area (Å²) in [6, 6.07) is -0.378. The highest BCUT2D eigenvalue weighted by Crippen LogP contribution is 1.93. The standard InChI is InChI=1S/C11H24N2O3/c1-5-13(6-2)8-10(14)7-12-9(3)11(15)16-4/h9-10,12,14H,5-8H2,1-4H3. The molecule has 5 heteroatoms. The molecule has 0 aromatic carbocycles. The molecular weight excluding hydrogens is 208 g/mol. The first-order chi connectivity index (χ1) is 7.54. The van der Waals surface area contributed by atoms with Gasteiger partial charge < -0.3 is 20.1 Å². The summed E-state index contributed by atoms with van der Waals surface area (Å²) in [7, 11) is 1.35. The lowest BCUT2D eigenvalue weighted by Crippen LogP contribution is -2.43. The maximum absolute atomic E-state index is 11.1. The van der Waals surface area contributed by atoms with Crippen LogP contribution >= 0.6 is 0 Å². The highest BCUT2D eigenvalue weighted by molar-refractivity contribution is 5.75. The van der Waals surface area contributed by atoms with E-state index in [9.17, 15) is 9.90 Å². The van der Waals surface area contributed by atoms with Gasteiger partial charge in [-0.25, -0.2) is 0 Å². The van der Waals surface area contributed by atoms with Crippen molar-refractivity contribution in [3.05, 3.63) is 0 Å². The Morgan fingerprint density at radius 3 is 2.44 bits per heavy atom. The fourth-order valence-corrected chi connectivity index (χ4v) is 1.42. The van der Waals surface area contributed by atoms with Crippen molar-refractivity contribution in [2.45, 2.75) is 32.9 Å². The molecular formula is C11H24N2O3. The van der Waals surface area contributed by atoms with Gasteiger partial charge in [-0.1, -0.05) is 13.8 Å². The SMILES string of the molecule is CCN(CC)CC(O)CNC(C)C(=O)OC. The van der Waals surface area contributed by atoms with Crippen molar-refractivity contribution >= 4 is 5.97 Å². The van der Waals surface area contributed by atoms with Crippen LogP contribution in [0.3, 0.4) is 0 Å². The van der Waals surface area contributed by atoms with Crippen molar-refractivity contribution in [1.29, 1.82) is 0 Å². The molecule has 5 nitrogen and oxygen atoms in total. The Kier molecular flexibility index (Phi) is 8.15. The van der Waals surface area contributed by atoms with Crippen LogP contribution < -0.4 is 5.32 Å². The second kappa shape index (κ2) is 8.50. The number of methoxy groups -OCH3 is 1. The molecule has 0 aliphatic heterocycles. The third kappa shape index (κ3) is 6.05.